The molecule has 0 unspecified atom stereocenters. The molecule has 5 heteroatoms. The topological polar surface area (TPSA) is 38.3 Å². The minimum Gasteiger partial charge on any atom is -0.492 e. The van der Waals surface area contributed by atoms with Crippen molar-refractivity contribution in [3.05, 3.63) is 52.0 Å². The van der Waals surface area contributed by atoms with Crippen molar-refractivity contribution in [3.63, 3.8) is 0 Å². The van der Waals surface area contributed by atoms with Gasteiger partial charge in [0.1, 0.15) is 18.2 Å². The van der Waals surface area contributed by atoms with Crippen LogP contribution in [-0.4, -0.2) is 19.1 Å². The maximum absolute atomic E-state index is 12.7. The van der Waals surface area contributed by atoms with Gasteiger partial charge in [-0.25, -0.2) is 4.39 Å². The lowest BCUT2D eigenvalue weighted by atomic mass is 10.3. The first-order valence-corrected chi connectivity index (χ1v) is 6.75. The zero-order valence-electron chi connectivity index (χ0n) is 10.5. The summed E-state index contributed by atoms with van der Waals surface area (Å²) < 4.78 is 18.0. The number of rotatable bonds is 5. The molecule has 1 aromatic heterocycles. The van der Waals surface area contributed by atoms with Crippen molar-refractivity contribution in [1.29, 1.82) is 0 Å². The summed E-state index contributed by atoms with van der Waals surface area (Å²) in [5, 5.41) is 4.67. The standard InChI is InChI=1S/C14H14FNO2S/c1-10-6-9-19-13(10)14(17)16-7-8-18-12-4-2-11(15)3-5-12/h2-6,9H,7-8H2,1H3,(H,16,17). The third kappa shape index (κ3) is 3.79. The van der Waals surface area contributed by atoms with E-state index in [1.165, 1.54) is 23.5 Å². The van der Waals surface area contributed by atoms with Gasteiger partial charge in [-0.2, -0.15) is 0 Å². The molecule has 1 aromatic carbocycles. The van der Waals surface area contributed by atoms with E-state index in [2.05, 4.69) is 5.32 Å². The van der Waals surface area contributed by atoms with E-state index >= 15 is 0 Å². The van der Waals surface area contributed by atoms with Gasteiger partial charge in [0.05, 0.1) is 11.4 Å². The van der Waals surface area contributed by atoms with Gasteiger partial charge < -0.3 is 10.1 Å². The lowest BCUT2D eigenvalue weighted by Gasteiger charge is -2.07. The number of nitrogens with one attached hydrogen (secondary N) is 1. The molecule has 19 heavy (non-hydrogen) atoms. The molecule has 0 radical (unpaired) electrons. The lowest BCUT2D eigenvalue weighted by molar-refractivity contribution is 0.0950. The van der Waals surface area contributed by atoms with E-state index in [1.54, 1.807) is 12.1 Å². The predicted octanol–water partition coefficient (Wildman–Crippen LogP) is 3.00. The number of carbonyl (C=O) groups excluding carboxylic acids is 1. The molecule has 0 aliphatic carbocycles. The fraction of sp³-hybridized carbons (Fsp3) is 0.214. The highest BCUT2D eigenvalue weighted by Gasteiger charge is 2.09. The van der Waals surface area contributed by atoms with Crippen molar-refractivity contribution in [2.45, 2.75) is 6.92 Å². The third-order valence-electron chi connectivity index (χ3n) is 2.54. The molecule has 0 spiro atoms. The Hall–Kier alpha value is -1.88. The number of hydrogen-bond acceptors (Lipinski definition) is 3. The van der Waals surface area contributed by atoms with E-state index in [9.17, 15) is 9.18 Å². The van der Waals surface area contributed by atoms with Gasteiger partial charge in [0, 0.05) is 0 Å². The Balaban J connectivity index is 1.74. The normalized spacial score (nSPS) is 10.2. The molecular weight excluding hydrogens is 265 g/mol. The minimum atomic E-state index is -0.297. The van der Waals surface area contributed by atoms with Gasteiger partial charge in [0.25, 0.3) is 5.91 Å². The number of carbonyl (C=O) groups is 1. The molecule has 0 aliphatic heterocycles. The first-order chi connectivity index (χ1) is 9.16. The Kier molecular flexibility index (Phi) is 4.52. The molecule has 3 nitrogen and oxygen atoms in total. The summed E-state index contributed by atoms with van der Waals surface area (Å²) in [4.78, 5) is 12.5. The zero-order valence-corrected chi connectivity index (χ0v) is 11.3. The van der Waals surface area contributed by atoms with Crippen LogP contribution < -0.4 is 10.1 Å². The van der Waals surface area contributed by atoms with Crippen LogP contribution in [0.4, 0.5) is 4.39 Å². The monoisotopic (exact) mass is 279 g/mol. The second-order valence-electron chi connectivity index (χ2n) is 3.99. The van der Waals surface area contributed by atoms with Crippen molar-refractivity contribution < 1.29 is 13.9 Å². The fourth-order valence-electron chi connectivity index (χ4n) is 1.55. The van der Waals surface area contributed by atoms with E-state index in [0.29, 0.717) is 18.9 Å². The number of halogens is 1. The molecule has 0 atom stereocenters. The van der Waals surface area contributed by atoms with Crippen molar-refractivity contribution in [2.24, 2.45) is 0 Å². The average molecular weight is 279 g/mol. The summed E-state index contributed by atoms with van der Waals surface area (Å²) in [5.41, 5.74) is 0.974. The van der Waals surface area contributed by atoms with Crippen LogP contribution in [0, 0.1) is 12.7 Å². The van der Waals surface area contributed by atoms with Gasteiger partial charge in [-0.05, 0) is 48.2 Å². The highest BCUT2D eigenvalue weighted by Crippen LogP contribution is 2.15. The van der Waals surface area contributed by atoms with E-state index in [4.69, 9.17) is 4.74 Å². The summed E-state index contributed by atoms with van der Waals surface area (Å²) >= 11 is 1.42. The number of benzene rings is 1. The second kappa shape index (κ2) is 6.33. The first kappa shape index (κ1) is 13.5. The van der Waals surface area contributed by atoms with Crippen LogP contribution in [0.5, 0.6) is 5.75 Å². The summed E-state index contributed by atoms with van der Waals surface area (Å²) in [6.07, 6.45) is 0. The number of thiophene rings is 1. The van der Waals surface area contributed by atoms with Crippen molar-refractivity contribution in [1.82, 2.24) is 5.32 Å². The first-order valence-electron chi connectivity index (χ1n) is 5.87. The molecule has 0 aliphatic rings. The van der Waals surface area contributed by atoms with Gasteiger partial charge in [-0.1, -0.05) is 0 Å². The molecule has 2 rings (SSSR count). The van der Waals surface area contributed by atoms with Crippen molar-refractivity contribution in [3.8, 4) is 5.75 Å². The van der Waals surface area contributed by atoms with Gasteiger partial charge in [0.15, 0.2) is 0 Å². The molecule has 0 saturated carbocycles. The Morgan fingerprint density at radius 2 is 2.05 bits per heavy atom. The molecule has 0 bridgehead atoms. The number of amides is 1. The molecule has 100 valence electrons. The van der Waals surface area contributed by atoms with Crippen LogP contribution in [0.3, 0.4) is 0 Å². The average Bonchev–Trinajstić information content (AvgIpc) is 2.83. The van der Waals surface area contributed by atoms with Crippen LogP contribution in [0.15, 0.2) is 35.7 Å². The lowest BCUT2D eigenvalue weighted by Crippen LogP contribution is -2.27. The largest absolute Gasteiger partial charge is 0.492 e. The molecule has 1 amide bonds. The van der Waals surface area contributed by atoms with Crippen LogP contribution >= 0.6 is 11.3 Å². The van der Waals surface area contributed by atoms with Gasteiger partial charge in [0.2, 0.25) is 0 Å². The molecule has 0 saturated heterocycles. The second-order valence-corrected chi connectivity index (χ2v) is 4.91. The van der Waals surface area contributed by atoms with E-state index in [1.807, 2.05) is 18.4 Å². The highest BCUT2D eigenvalue weighted by molar-refractivity contribution is 7.12. The van der Waals surface area contributed by atoms with Crippen LogP contribution in [0.2, 0.25) is 0 Å². The van der Waals surface area contributed by atoms with Crippen LogP contribution in [-0.2, 0) is 0 Å². The van der Waals surface area contributed by atoms with Crippen LogP contribution in [0.1, 0.15) is 15.2 Å². The van der Waals surface area contributed by atoms with Crippen LogP contribution in [0.25, 0.3) is 0 Å². The Morgan fingerprint density at radius 3 is 2.68 bits per heavy atom. The predicted molar refractivity (Wildman–Crippen MR) is 73.3 cm³/mol. The SMILES string of the molecule is Cc1ccsc1C(=O)NCCOc1ccc(F)cc1. The Labute approximate surface area is 115 Å². The summed E-state index contributed by atoms with van der Waals surface area (Å²) in [5.74, 6) is 0.201. The van der Waals surface area contributed by atoms with E-state index < -0.39 is 0 Å². The van der Waals surface area contributed by atoms with Gasteiger partial charge >= 0.3 is 0 Å². The van der Waals surface area contributed by atoms with Gasteiger partial charge in [-0.3, -0.25) is 4.79 Å². The Bertz CT molecular complexity index is 551. The summed E-state index contributed by atoms with van der Waals surface area (Å²) in [7, 11) is 0. The molecule has 1 heterocycles. The number of aryl methyl sites for hydroxylation is 1. The molecular formula is C14H14FNO2S. The van der Waals surface area contributed by atoms with E-state index in [-0.39, 0.29) is 11.7 Å². The highest BCUT2D eigenvalue weighted by atomic mass is 32.1. The van der Waals surface area contributed by atoms with Crippen molar-refractivity contribution in [2.75, 3.05) is 13.2 Å². The van der Waals surface area contributed by atoms with Gasteiger partial charge in [-0.15, -0.1) is 11.3 Å². The molecule has 2 aromatic rings. The molecule has 1 N–H and O–H groups in total. The number of ether oxygens (including phenoxy) is 1. The quantitative estimate of drug-likeness (QED) is 0.854. The fourth-order valence-corrected chi connectivity index (χ4v) is 2.39. The molecule has 0 fully saturated rings. The number of hydrogen-bond donors (Lipinski definition) is 1. The minimum absolute atomic E-state index is 0.0878. The van der Waals surface area contributed by atoms with Crippen molar-refractivity contribution >= 4 is 17.2 Å². The van der Waals surface area contributed by atoms with E-state index in [0.717, 1.165) is 10.4 Å². The summed E-state index contributed by atoms with van der Waals surface area (Å²) in [6, 6.07) is 7.70. The smallest absolute Gasteiger partial charge is 0.261 e. The zero-order chi connectivity index (χ0) is 13.7. The maximum Gasteiger partial charge on any atom is 0.261 e. The third-order valence-corrected chi connectivity index (χ3v) is 3.55. The summed E-state index contributed by atoms with van der Waals surface area (Å²) in [6.45, 7) is 2.66. The Morgan fingerprint density at radius 1 is 1.32 bits per heavy atom. The maximum atomic E-state index is 12.7.